The van der Waals surface area contributed by atoms with E-state index < -0.39 is 0 Å². The van der Waals surface area contributed by atoms with Gasteiger partial charge >= 0.3 is 0 Å². The van der Waals surface area contributed by atoms with E-state index in [9.17, 15) is 0 Å². The minimum absolute atomic E-state index is 0.923. The van der Waals surface area contributed by atoms with E-state index >= 15 is 0 Å². The fraction of sp³-hybridized carbons (Fsp3) is 0.100. The molecule has 0 saturated heterocycles. The maximum Gasteiger partial charge on any atom is -0.00137 e. The number of hydrogen-bond acceptors (Lipinski definition) is 0. The van der Waals surface area contributed by atoms with Gasteiger partial charge in [-0.05, 0) is 206 Å². The van der Waals surface area contributed by atoms with Gasteiger partial charge in [0.15, 0.2) is 0 Å². The van der Waals surface area contributed by atoms with Gasteiger partial charge in [0.1, 0.15) is 0 Å². The Kier molecular flexibility index (Phi) is 7.49. The Bertz CT molecular complexity index is 3190. The first-order chi connectivity index (χ1) is 29.6. The fourth-order valence-electron chi connectivity index (χ4n) is 10.7. The SMILES string of the molecule is C1=C(c2cc(C3=CC=c4cc5c(cc4C3)=Cc3ccccc3C5)cc(C3=CC=c4cc5c(cc4C3)=Cc3ccccc3C5)c2)Cc2cc3c(cc2=C1)Cc1ccccc1C=3. The number of allylic oxidation sites excluding steroid dienone is 6. The fourth-order valence-corrected chi connectivity index (χ4v) is 10.7. The zero-order chi connectivity index (χ0) is 39.3. The minimum Gasteiger partial charge on any atom is -0.0619 e. The summed E-state index contributed by atoms with van der Waals surface area (Å²) in [5.41, 5.74) is 24.9. The van der Waals surface area contributed by atoms with Crippen molar-refractivity contribution in [3.63, 3.8) is 0 Å². The summed E-state index contributed by atoms with van der Waals surface area (Å²) < 4.78 is 0. The van der Waals surface area contributed by atoms with Crippen molar-refractivity contribution in [1.82, 2.24) is 0 Å². The average molecular weight is 763 g/mol. The first-order valence-corrected chi connectivity index (χ1v) is 21.6. The van der Waals surface area contributed by atoms with E-state index in [4.69, 9.17) is 0 Å². The maximum absolute atomic E-state index is 2.48. The van der Waals surface area contributed by atoms with E-state index in [1.807, 2.05) is 0 Å². The van der Waals surface area contributed by atoms with Crippen LogP contribution in [0, 0.1) is 0 Å². The topological polar surface area (TPSA) is 0 Å². The first kappa shape index (κ1) is 33.9. The zero-order valence-corrected chi connectivity index (χ0v) is 33.6. The molecule has 6 aliphatic rings. The van der Waals surface area contributed by atoms with Crippen LogP contribution in [-0.2, 0) is 38.5 Å². The van der Waals surface area contributed by atoms with Crippen LogP contribution in [0.15, 0.2) is 146 Å². The molecule has 282 valence electrons. The van der Waals surface area contributed by atoms with Crippen molar-refractivity contribution in [2.75, 3.05) is 0 Å². The minimum atomic E-state index is 0.923. The zero-order valence-electron chi connectivity index (χ0n) is 33.6. The van der Waals surface area contributed by atoms with E-state index in [-0.39, 0.29) is 0 Å². The highest BCUT2D eigenvalue weighted by Crippen LogP contribution is 2.33. The summed E-state index contributed by atoms with van der Waals surface area (Å²) in [6.07, 6.45) is 27.2. The molecule has 0 N–H and O–H groups in total. The van der Waals surface area contributed by atoms with Gasteiger partial charge in [-0.3, -0.25) is 0 Å². The third kappa shape index (κ3) is 5.74. The van der Waals surface area contributed by atoms with Crippen molar-refractivity contribution < 1.29 is 0 Å². The number of fused-ring (bicyclic) bond motifs is 9. The molecular weight excluding hydrogens is 721 g/mol. The van der Waals surface area contributed by atoms with Gasteiger partial charge in [0.05, 0.1) is 0 Å². The van der Waals surface area contributed by atoms with E-state index in [1.54, 1.807) is 0 Å². The predicted octanol–water partition coefficient (Wildman–Crippen LogP) is 8.15. The van der Waals surface area contributed by atoms with Crippen molar-refractivity contribution >= 4 is 53.2 Å². The predicted molar refractivity (Wildman–Crippen MR) is 250 cm³/mol. The summed E-state index contributed by atoms with van der Waals surface area (Å²) in [6.45, 7) is 0. The Hall–Kier alpha value is -7.02. The van der Waals surface area contributed by atoms with Gasteiger partial charge in [-0.25, -0.2) is 0 Å². The monoisotopic (exact) mass is 762 g/mol. The molecule has 0 aliphatic heterocycles. The lowest BCUT2D eigenvalue weighted by Gasteiger charge is -2.22. The van der Waals surface area contributed by atoms with Crippen LogP contribution in [-0.4, -0.2) is 0 Å². The quantitative estimate of drug-likeness (QED) is 0.171. The van der Waals surface area contributed by atoms with Crippen molar-refractivity contribution in [3.8, 4) is 0 Å². The normalized spacial score (nSPS) is 15.7. The van der Waals surface area contributed by atoms with Crippen LogP contribution in [0.3, 0.4) is 0 Å². The summed E-state index contributed by atoms with van der Waals surface area (Å²) >= 11 is 0. The third-order valence-corrected chi connectivity index (χ3v) is 14.0. The summed E-state index contributed by atoms with van der Waals surface area (Å²) in [7, 11) is 0. The lowest BCUT2D eigenvalue weighted by molar-refractivity contribution is 1.11. The second-order valence-electron chi connectivity index (χ2n) is 17.7. The van der Waals surface area contributed by atoms with Gasteiger partial charge in [0.25, 0.3) is 0 Å². The molecule has 0 heterocycles. The Morgan fingerprint density at radius 2 is 0.517 bits per heavy atom. The van der Waals surface area contributed by atoms with Crippen LogP contribution in [0.2, 0.25) is 0 Å². The molecule has 13 rings (SSSR count). The first-order valence-electron chi connectivity index (χ1n) is 21.6. The highest BCUT2D eigenvalue weighted by Gasteiger charge is 2.20. The number of benzene rings is 7. The lowest BCUT2D eigenvalue weighted by atomic mass is 9.83. The highest BCUT2D eigenvalue weighted by molar-refractivity contribution is 5.86. The van der Waals surface area contributed by atoms with E-state index in [1.165, 1.54) is 131 Å². The smallest absolute Gasteiger partial charge is 0.00137 e. The maximum atomic E-state index is 2.48. The van der Waals surface area contributed by atoms with Crippen molar-refractivity contribution in [1.29, 1.82) is 0 Å². The molecule has 7 aromatic carbocycles. The second-order valence-corrected chi connectivity index (χ2v) is 17.7. The van der Waals surface area contributed by atoms with Crippen molar-refractivity contribution in [3.05, 3.63) is 260 Å². The van der Waals surface area contributed by atoms with E-state index in [2.05, 4.69) is 182 Å². The number of rotatable bonds is 3. The molecule has 0 saturated carbocycles. The standard InChI is InChI=1S/C60H42/c1-4-10-40-22-58-34-49-25-43(13-16-46(49)28-55(58)19-37(40)7-1)52-31-53(44-14-17-47-29-56-20-38-8-2-5-11-41(38)23-59(56)35-50(47)26-44)33-54(32-52)45-15-18-48-30-57-21-39-9-3-6-12-42(39)24-60(57)36-51(48)27-45/h1-18,22-24,28-36H,19-21,25-27H2. The van der Waals surface area contributed by atoms with Gasteiger partial charge in [0.2, 0.25) is 0 Å². The molecule has 0 aromatic heterocycles. The molecule has 0 nitrogen and oxygen atoms in total. The van der Waals surface area contributed by atoms with Gasteiger partial charge in [0, 0.05) is 0 Å². The molecule has 0 bridgehead atoms. The van der Waals surface area contributed by atoms with Gasteiger partial charge in [-0.2, -0.15) is 0 Å². The highest BCUT2D eigenvalue weighted by atomic mass is 14.2. The molecule has 60 heavy (non-hydrogen) atoms. The molecule has 0 heteroatoms. The van der Waals surface area contributed by atoms with E-state index in [0.717, 1.165) is 38.5 Å². The van der Waals surface area contributed by atoms with Gasteiger partial charge in [-0.1, -0.05) is 146 Å². The Morgan fingerprint density at radius 1 is 0.233 bits per heavy atom. The summed E-state index contributed by atoms with van der Waals surface area (Å²) in [6, 6.07) is 48.7. The summed E-state index contributed by atoms with van der Waals surface area (Å²) in [4.78, 5) is 0. The van der Waals surface area contributed by atoms with Crippen LogP contribution in [0.5, 0.6) is 0 Å². The van der Waals surface area contributed by atoms with Crippen LogP contribution in [0.25, 0.3) is 53.2 Å². The molecule has 0 atom stereocenters. The molecule has 0 radical (unpaired) electrons. The van der Waals surface area contributed by atoms with Crippen LogP contribution >= 0.6 is 0 Å². The molecule has 0 spiro atoms. The Balaban J connectivity index is 0.906. The number of hydrogen-bond donors (Lipinski definition) is 0. The molecule has 0 fully saturated rings. The largest absolute Gasteiger partial charge is 0.0619 e. The lowest BCUT2D eigenvalue weighted by Crippen LogP contribution is -2.24. The molecular formula is C60H42. The third-order valence-electron chi connectivity index (χ3n) is 14.0. The summed E-state index contributed by atoms with van der Waals surface area (Å²) in [5, 5.41) is 8.17. The van der Waals surface area contributed by atoms with Crippen molar-refractivity contribution in [2.45, 2.75) is 38.5 Å². The molecule has 0 unspecified atom stereocenters. The molecule has 6 aliphatic carbocycles. The van der Waals surface area contributed by atoms with Crippen molar-refractivity contribution in [2.24, 2.45) is 0 Å². The van der Waals surface area contributed by atoms with Crippen LogP contribution in [0.4, 0.5) is 0 Å². The Labute approximate surface area is 350 Å². The van der Waals surface area contributed by atoms with Gasteiger partial charge in [-0.15, -0.1) is 0 Å². The Morgan fingerprint density at radius 3 is 0.850 bits per heavy atom. The van der Waals surface area contributed by atoms with Gasteiger partial charge < -0.3 is 0 Å². The average Bonchev–Trinajstić information content (AvgIpc) is 3.29. The molecule has 7 aromatic rings. The van der Waals surface area contributed by atoms with Crippen LogP contribution < -0.4 is 31.3 Å². The van der Waals surface area contributed by atoms with E-state index in [0.29, 0.717) is 0 Å². The summed E-state index contributed by atoms with van der Waals surface area (Å²) in [5.74, 6) is 0. The second kappa shape index (κ2) is 13.2. The molecule has 0 amide bonds. The van der Waals surface area contributed by atoms with Crippen LogP contribution in [0.1, 0.15) is 83.5 Å².